The van der Waals surface area contributed by atoms with E-state index in [9.17, 15) is 17.6 Å². The fraction of sp³-hybridized carbons (Fsp3) is 0.0909. The van der Waals surface area contributed by atoms with Crippen LogP contribution in [0, 0.1) is 5.82 Å². The van der Waals surface area contributed by atoms with E-state index < -0.39 is 42.9 Å². The summed E-state index contributed by atoms with van der Waals surface area (Å²) in [6.45, 7) is 0. The van der Waals surface area contributed by atoms with Crippen molar-refractivity contribution in [3.63, 3.8) is 0 Å². The SMILES string of the molecule is O=C(O)c1cc(S(=O)(=O)Cc2cnoc2)cc(F)c1Cl. The van der Waals surface area contributed by atoms with E-state index in [1.807, 2.05) is 0 Å². The topological polar surface area (TPSA) is 97.5 Å². The smallest absolute Gasteiger partial charge is 0.337 e. The predicted molar refractivity (Wildman–Crippen MR) is 65.8 cm³/mol. The summed E-state index contributed by atoms with van der Waals surface area (Å²) >= 11 is 5.48. The van der Waals surface area contributed by atoms with Crippen molar-refractivity contribution in [2.45, 2.75) is 10.6 Å². The number of nitrogens with zero attached hydrogens (tertiary/aromatic N) is 1. The lowest BCUT2D eigenvalue weighted by Gasteiger charge is -2.06. The minimum Gasteiger partial charge on any atom is -0.478 e. The van der Waals surface area contributed by atoms with Crippen LogP contribution in [0.15, 0.2) is 34.0 Å². The molecule has 0 aliphatic carbocycles. The van der Waals surface area contributed by atoms with E-state index in [1.165, 1.54) is 6.20 Å². The van der Waals surface area contributed by atoms with Crippen LogP contribution in [0.2, 0.25) is 5.02 Å². The van der Waals surface area contributed by atoms with Crippen LogP contribution < -0.4 is 0 Å². The minimum atomic E-state index is -3.94. The highest BCUT2D eigenvalue weighted by Crippen LogP contribution is 2.26. The predicted octanol–water partition coefficient (Wildman–Crippen LogP) is 2.14. The molecule has 0 saturated carbocycles. The van der Waals surface area contributed by atoms with Gasteiger partial charge in [0, 0.05) is 5.56 Å². The maximum Gasteiger partial charge on any atom is 0.337 e. The van der Waals surface area contributed by atoms with Crippen molar-refractivity contribution in [2.24, 2.45) is 0 Å². The van der Waals surface area contributed by atoms with Crippen molar-refractivity contribution in [1.82, 2.24) is 5.16 Å². The molecule has 2 rings (SSSR count). The van der Waals surface area contributed by atoms with Crippen LogP contribution in [0.3, 0.4) is 0 Å². The fourth-order valence-electron chi connectivity index (χ4n) is 1.50. The zero-order valence-corrected chi connectivity index (χ0v) is 11.3. The summed E-state index contributed by atoms with van der Waals surface area (Å²) in [7, 11) is -3.94. The number of rotatable bonds is 4. The molecule has 1 heterocycles. The van der Waals surface area contributed by atoms with E-state index in [2.05, 4.69) is 9.68 Å². The number of hydrogen-bond acceptors (Lipinski definition) is 5. The van der Waals surface area contributed by atoms with Gasteiger partial charge in [0.2, 0.25) is 0 Å². The van der Waals surface area contributed by atoms with Gasteiger partial charge in [-0.2, -0.15) is 0 Å². The van der Waals surface area contributed by atoms with Crippen molar-refractivity contribution in [3.05, 3.63) is 46.6 Å². The van der Waals surface area contributed by atoms with Crippen LogP contribution in [0.5, 0.6) is 0 Å². The Morgan fingerprint density at radius 3 is 2.70 bits per heavy atom. The Morgan fingerprint density at radius 1 is 1.45 bits per heavy atom. The molecule has 2 aromatic rings. The van der Waals surface area contributed by atoms with Crippen molar-refractivity contribution in [1.29, 1.82) is 0 Å². The molecule has 20 heavy (non-hydrogen) atoms. The van der Waals surface area contributed by atoms with E-state index in [1.54, 1.807) is 0 Å². The van der Waals surface area contributed by atoms with Crippen LogP contribution in [-0.4, -0.2) is 24.7 Å². The lowest BCUT2D eigenvalue weighted by Crippen LogP contribution is -2.08. The third-order valence-electron chi connectivity index (χ3n) is 2.43. The minimum absolute atomic E-state index is 0.261. The first kappa shape index (κ1) is 14.5. The highest BCUT2D eigenvalue weighted by atomic mass is 35.5. The molecule has 1 aromatic carbocycles. The van der Waals surface area contributed by atoms with Crippen molar-refractivity contribution < 1.29 is 27.2 Å². The Kier molecular flexibility index (Phi) is 3.78. The summed E-state index contributed by atoms with van der Waals surface area (Å²) in [5.74, 6) is -3.12. The van der Waals surface area contributed by atoms with Gasteiger partial charge >= 0.3 is 5.97 Å². The maximum absolute atomic E-state index is 13.5. The van der Waals surface area contributed by atoms with Gasteiger partial charge in [0.15, 0.2) is 9.84 Å². The van der Waals surface area contributed by atoms with Crippen LogP contribution in [0.25, 0.3) is 0 Å². The number of aromatic nitrogens is 1. The molecule has 0 aliphatic rings. The third kappa shape index (κ3) is 2.81. The Bertz CT molecular complexity index is 757. The molecule has 9 heteroatoms. The van der Waals surface area contributed by atoms with Gasteiger partial charge in [-0.1, -0.05) is 16.8 Å². The lowest BCUT2D eigenvalue weighted by atomic mass is 10.2. The largest absolute Gasteiger partial charge is 0.478 e. The molecule has 0 spiro atoms. The molecular weight excluding hydrogens is 313 g/mol. The van der Waals surface area contributed by atoms with Gasteiger partial charge in [0.1, 0.15) is 12.1 Å². The van der Waals surface area contributed by atoms with E-state index in [0.717, 1.165) is 12.3 Å². The van der Waals surface area contributed by atoms with Crippen LogP contribution >= 0.6 is 11.6 Å². The molecule has 6 nitrogen and oxygen atoms in total. The second-order valence-corrected chi connectivity index (χ2v) is 6.23. The van der Waals surface area contributed by atoms with Crippen molar-refractivity contribution >= 4 is 27.4 Å². The maximum atomic E-state index is 13.5. The molecule has 1 N–H and O–H groups in total. The monoisotopic (exact) mass is 319 g/mol. The van der Waals surface area contributed by atoms with Crippen molar-refractivity contribution in [2.75, 3.05) is 0 Å². The number of benzene rings is 1. The van der Waals surface area contributed by atoms with Crippen LogP contribution in [0.1, 0.15) is 15.9 Å². The van der Waals surface area contributed by atoms with E-state index >= 15 is 0 Å². The zero-order valence-electron chi connectivity index (χ0n) is 9.71. The summed E-state index contributed by atoms with van der Waals surface area (Å²) in [6, 6.07) is 1.49. The summed E-state index contributed by atoms with van der Waals surface area (Å²) in [6.07, 6.45) is 2.32. The van der Waals surface area contributed by atoms with Crippen molar-refractivity contribution in [3.8, 4) is 0 Å². The molecule has 0 fully saturated rings. The molecule has 0 unspecified atom stereocenters. The Morgan fingerprint density at radius 2 is 2.15 bits per heavy atom. The second-order valence-electron chi connectivity index (χ2n) is 3.86. The molecule has 0 bridgehead atoms. The third-order valence-corrected chi connectivity index (χ3v) is 4.48. The normalized spacial score (nSPS) is 11.5. The van der Waals surface area contributed by atoms with Gasteiger partial charge in [0.25, 0.3) is 0 Å². The number of sulfone groups is 1. The quantitative estimate of drug-likeness (QED) is 0.927. The second kappa shape index (κ2) is 5.22. The molecule has 0 saturated heterocycles. The van der Waals surface area contributed by atoms with E-state index in [0.29, 0.717) is 6.07 Å². The molecular formula is C11H7ClFNO5S. The number of halogens is 2. The Hall–Kier alpha value is -1.93. The highest BCUT2D eigenvalue weighted by molar-refractivity contribution is 7.90. The number of carbonyl (C=O) groups is 1. The Labute approximate surface area is 117 Å². The summed E-state index contributed by atoms with van der Waals surface area (Å²) in [5, 5.41) is 11.6. The van der Waals surface area contributed by atoms with Gasteiger partial charge < -0.3 is 9.63 Å². The first-order chi connectivity index (χ1) is 9.31. The van der Waals surface area contributed by atoms with E-state index in [4.69, 9.17) is 16.7 Å². The van der Waals surface area contributed by atoms with Gasteiger partial charge in [0.05, 0.1) is 27.4 Å². The van der Waals surface area contributed by atoms with E-state index in [-0.39, 0.29) is 5.56 Å². The standard InChI is InChI=1S/C11H7ClFNO5S/c12-10-8(11(15)16)1-7(2-9(10)13)20(17,18)5-6-3-14-19-4-6/h1-4H,5H2,(H,15,16). The number of aromatic carboxylic acids is 1. The molecule has 1 aromatic heterocycles. The molecule has 0 radical (unpaired) electrons. The first-order valence-electron chi connectivity index (χ1n) is 5.14. The fourth-order valence-corrected chi connectivity index (χ4v) is 3.02. The molecule has 106 valence electrons. The van der Waals surface area contributed by atoms with Crippen LogP contribution in [0.4, 0.5) is 4.39 Å². The molecule has 0 aliphatic heterocycles. The molecule has 0 atom stereocenters. The number of carboxylic acid groups (broad SMARTS) is 1. The summed E-state index contributed by atoms with van der Waals surface area (Å²) in [4.78, 5) is 10.4. The highest BCUT2D eigenvalue weighted by Gasteiger charge is 2.22. The summed E-state index contributed by atoms with van der Waals surface area (Å²) in [5.41, 5.74) is -0.354. The number of carboxylic acids is 1. The summed E-state index contributed by atoms with van der Waals surface area (Å²) < 4.78 is 42.1. The van der Waals surface area contributed by atoms with Crippen LogP contribution in [-0.2, 0) is 15.6 Å². The lowest BCUT2D eigenvalue weighted by molar-refractivity contribution is 0.0696. The van der Waals surface area contributed by atoms with Gasteiger partial charge in [-0.05, 0) is 12.1 Å². The van der Waals surface area contributed by atoms with Gasteiger partial charge in [-0.15, -0.1) is 0 Å². The average Bonchev–Trinajstić information content (AvgIpc) is 2.83. The van der Waals surface area contributed by atoms with Gasteiger partial charge in [-0.25, -0.2) is 17.6 Å². The molecule has 0 amide bonds. The average molecular weight is 320 g/mol. The first-order valence-corrected chi connectivity index (χ1v) is 7.17. The zero-order chi connectivity index (χ0) is 14.9. The Balaban J connectivity index is 2.49. The number of hydrogen-bond donors (Lipinski definition) is 1. The van der Waals surface area contributed by atoms with Gasteiger partial charge in [-0.3, -0.25) is 0 Å².